The Balaban J connectivity index is 1.70. The van der Waals surface area contributed by atoms with Gasteiger partial charge >= 0.3 is 0 Å². The summed E-state index contributed by atoms with van der Waals surface area (Å²) in [4.78, 5) is 21.0. The Morgan fingerprint density at radius 2 is 1.85 bits per heavy atom. The molecule has 0 spiro atoms. The van der Waals surface area contributed by atoms with E-state index < -0.39 is 5.91 Å². The lowest BCUT2D eigenvalue weighted by molar-refractivity contribution is 0.0950. The summed E-state index contributed by atoms with van der Waals surface area (Å²) in [5.74, 6) is 1.40. The average Bonchev–Trinajstić information content (AvgIpc) is 2.84. The highest BCUT2D eigenvalue weighted by Crippen LogP contribution is 2.30. The van der Waals surface area contributed by atoms with E-state index in [-0.39, 0.29) is 5.69 Å². The monoisotopic (exact) mass is 468 g/mol. The molecule has 0 aliphatic rings. The van der Waals surface area contributed by atoms with Gasteiger partial charge in [-0.2, -0.15) is 5.10 Å². The van der Waals surface area contributed by atoms with Crippen molar-refractivity contribution in [3.8, 4) is 28.5 Å². The normalized spacial score (nSPS) is 10.8. The lowest BCUT2D eigenvalue weighted by Gasteiger charge is -2.09. The van der Waals surface area contributed by atoms with E-state index in [1.807, 2.05) is 6.07 Å². The standard InChI is InChI=1S/C24H25ClN4O4/c1-4-5-8-33-17-6-7-20(21(25)12-17)22-14-26-15-23(28-22)24(30)29-27-13-16-9-18(31-2)11-19(10-16)32-3/h6-7,9-15H,4-5,8H2,1-3H3,(H,29,30). The average molecular weight is 469 g/mol. The number of ether oxygens (including phenoxy) is 3. The zero-order valence-electron chi connectivity index (χ0n) is 18.7. The molecule has 0 aliphatic carbocycles. The van der Waals surface area contributed by atoms with E-state index in [4.69, 9.17) is 25.8 Å². The van der Waals surface area contributed by atoms with E-state index in [0.29, 0.717) is 45.7 Å². The molecule has 3 rings (SSSR count). The van der Waals surface area contributed by atoms with Crippen LogP contribution in [0, 0.1) is 0 Å². The number of aromatic nitrogens is 2. The van der Waals surface area contributed by atoms with Crippen LogP contribution in [0.1, 0.15) is 35.8 Å². The number of hydrogen-bond acceptors (Lipinski definition) is 7. The van der Waals surface area contributed by atoms with Crippen molar-refractivity contribution in [2.45, 2.75) is 19.8 Å². The first-order valence-electron chi connectivity index (χ1n) is 10.3. The molecule has 0 fully saturated rings. The Hall–Kier alpha value is -3.65. The summed E-state index contributed by atoms with van der Waals surface area (Å²) in [7, 11) is 3.12. The molecule has 0 atom stereocenters. The SMILES string of the molecule is CCCCOc1ccc(-c2cncc(C(=O)NN=Cc3cc(OC)cc(OC)c3)n2)c(Cl)c1. The van der Waals surface area contributed by atoms with Crippen molar-refractivity contribution in [1.29, 1.82) is 0 Å². The fourth-order valence-electron chi connectivity index (χ4n) is 2.86. The van der Waals surface area contributed by atoms with E-state index in [2.05, 4.69) is 27.4 Å². The molecular weight excluding hydrogens is 444 g/mol. The number of hydrazone groups is 1. The Bertz CT molecular complexity index is 1110. The maximum Gasteiger partial charge on any atom is 0.291 e. The maximum atomic E-state index is 12.5. The zero-order valence-corrected chi connectivity index (χ0v) is 19.4. The summed E-state index contributed by atoms with van der Waals surface area (Å²) in [6.07, 6.45) is 6.40. The molecule has 1 N–H and O–H groups in total. The summed E-state index contributed by atoms with van der Waals surface area (Å²) in [6, 6.07) is 10.6. The summed E-state index contributed by atoms with van der Waals surface area (Å²) in [5.41, 5.74) is 4.36. The molecule has 0 unspecified atom stereocenters. The third-order valence-corrected chi connectivity index (χ3v) is 4.92. The van der Waals surface area contributed by atoms with Crippen molar-refractivity contribution in [3.05, 3.63) is 65.1 Å². The topological polar surface area (TPSA) is 94.9 Å². The van der Waals surface area contributed by atoms with Crippen LogP contribution in [-0.2, 0) is 0 Å². The van der Waals surface area contributed by atoms with Crippen molar-refractivity contribution in [3.63, 3.8) is 0 Å². The number of carbonyl (C=O) groups excluding carboxylic acids is 1. The Kier molecular flexibility index (Phi) is 8.60. The van der Waals surface area contributed by atoms with Crippen LogP contribution >= 0.6 is 11.6 Å². The van der Waals surface area contributed by atoms with E-state index in [9.17, 15) is 4.79 Å². The second kappa shape index (κ2) is 11.8. The van der Waals surface area contributed by atoms with Gasteiger partial charge in [0, 0.05) is 17.2 Å². The van der Waals surface area contributed by atoms with Gasteiger partial charge in [0.05, 0.1) is 50.2 Å². The minimum atomic E-state index is -0.508. The van der Waals surface area contributed by atoms with Crippen molar-refractivity contribution < 1.29 is 19.0 Å². The number of hydrogen-bond donors (Lipinski definition) is 1. The summed E-state index contributed by atoms with van der Waals surface area (Å²) < 4.78 is 16.1. The molecule has 0 saturated heterocycles. The number of amides is 1. The van der Waals surface area contributed by atoms with Gasteiger partial charge < -0.3 is 14.2 Å². The largest absolute Gasteiger partial charge is 0.497 e. The summed E-state index contributed by atoms with van der Waals surface area (Å²) in [6.45, 7) is 2.73. The van der Waals surface area contributed by atoms with Gasteiger partial charge in [-0.05, 0) is 36.8 Å². The molecule has 8 nitrogen and oxygen atoms in total. The van der Waals surface area contributed by atoms with Gasteiger partial charge in [0.15, 0.2) is 0 Å². The third kappa shape index (κ3) is 6.66. The van der Waals surface area contributed by atoms with E-state index in [1.165, 1.54) is 12.4 Å². The smallest absolute Gasteiger partial charge is 0.291 e. The first-order chi connectivity index (χ1) is 16.0. The number of benzene rings is 2. The van der Waals surface area contributed by atoms with E-state index in [1.54, 1.807) is 50.7 Å². The number of unbranched alkanes of at least 4 members (excludes halogenated alkanes) is 1. The van der Waals surface area contributed by atoms with Gasteiger partial charge in [-0.15, -0.1) is 0 Å². The van der Waals surface area contributed by atoms with Crippen LogP contribution in [0.3, 0.4) is 0 Å². The number of nitrogens with one attached hydrogen (secondary N) is 1. The van der Waals surface area contributed by atoms with Crippen molar-refractivity contribution >= 4 is 23.7 Å². The molecule has 0 saturated carbocycles. The van der Waals surface area contributed by atoms with Crippen LogP contribution in [0.5, 0.6) is 17.2 Å². The fourth-order valence-corrected chi connectivity index (χ4v) is 3.13. The van der Waals surface area contributed by atoms with Crippen LogP contribution in [0.15, 0.2) is 53.9 Å². The Morgan fingerprint density at radius 3 is 2.52 bits per heavy atom. The first kappa shape index (κ1) is 24.0. The number of halogens is 1. The van der Waals surface area contributed by atoms with Gasteiger partial charge in [0.2, 0.25) is 0 Å². The van der Waals surface area contributed by atoms with Crippen LogP contribution in [-0.4, -0.2) is 42.9 Å². The lowest BCUT2D eigenvalue weighted by Crippen LogP contribution is -2.19. The molecule has 1 heterocycles. The fraction of sp³-hybridized carbons (Fsp3) is 0.250. The number of methoxy groups -OCH3 is 2. The number of carbonyl (C=O) groups is 1. The van der Waals surface area contributed by atoms with E-state index in [0.717, 1.165) is 12.8 Å². The predicted molar refractivity (Wildman–Crippen MR) is 127 cm³/mol. The van der Waals surface area contributed by atoms with Crippen LogP contribution in [0.2, 0.25) is 5.02 Å². The second-order valence-electron chi connectivity index (χ2n) is 6.98. The molecule has 9 heteroatoms. The second-order valence-corrected chi connectivity index (χ2v) is 7.39. The van der Waals surface area contributed by atoms with Gasteiger partial charge in [0.1, 0.15) is 22.9 Å². The molecule has 2 aromatic carbocycles. The van der Waals surface area contributed by atoms with Gasteiger partial charge in [-0.25, -0.2) is 10.4 Å². The molecule has 1 amide bonds. The molecule has 3 aromatic rings. The quantitative estimate of drug-likeness (QED) is 0.262. The van der Waals surface area contributed by atoms with Crippen molar-refractivity contribution in [1.82, 2.24) is 15.4 Å². The lowest BCUT2D eigenvalue weighted by atomic mass is 10.1. The van der Waals surface area contributed by atoms with Crippen LogP contribution in [0.4, 0.5) is 0 Å². The van der Waals surface area contributed by atoms with Gasteiger partial charge in [0.25, 0.3) is 5.91 Å². The highest BCUT2D eigenvalue weighted by molar-refractivity contribution is 6.33. The number of nitrogens with zero attached hydrogens (tertiary/aromatic N) is 3. The van der Waals surface area contributed by atoms with E-state index >= 15 is 0 Å². The highest BCUT2D eigenvalue weighted by atomic mass is 35.5. The molecule has 0 radical (unpaired) electrons. The van der Waals surface area contributed by atoms with Crippen molar-refractivity contribution in [2.75, 3.05) is 20.8 Å². The number of rotatable bonds is 10. The van der Waals surface area contributed by atoms with Crippen LogP contribution in [0.25, 0.3) is 11.3 Å². The minimum absolute atomic E-state index is 0.104. The zero-order chi connectivity index (χ0) is 23.6. The minimum Gasteiger partial charge on any atom is -0.497 e. The molecular formula is C24H25ClN4O4. The summed E-state index contributed by atoms with van der Waals surface area (Å²) >= 11 is 6.42. The van der Waals surface area contributed by atoms with Gasteiger partial charge in [-0.1, -0.05) is 24.9 Å². The van der Waals surface area contributed by atoms with Crippen LogP contribution < -0.4 is 19.6 Å². The maximum absolute atomic E-state index is 12.5. The molecule has 0 bridgehead atoms. The Labute approximate surface area is 197 Å². The highest BCUT2D eigenvalue weighted by Gasteiger charge is 2.12. The predicted octanol–water partition coefficient (Wildman–Crippen LogP) is 4.76. The Morgan fingerprint density at radius 1 is 1.09 bits per heavy atom. The first-order valence-corrected chi connectivity index (χ1v) is 10.7. The molecule has 172 valence electrons. The molecule has 0 aliphatic heterocycles. The van der Waals surface area contributed by atoms with Gasteiger partial charge in [-0.3, -0.25) is 9.78 Å². The molecule has 33 heavy (non-hydrogen) atoms. The molecule has 1 aromatic heterocycles. The third-order valence-electron chi connectivity index (χ3n) is 4.60. The summed E-state index contributed by atoms with van der Waals surface area (Å²) in [5, 5.41) is 4.45. The van der Waals surface area contributed by atoms with Crippen molar-refractivity contribution in [2.24, 2.45) is 5.10 Å².